The number of nitrogens with zero attached hydrogens (tertiary/aromatic N) is 1. The Balaban J connectivity index is 2.46. The Morgan fingerprint density at radius 2 is 2.14 bits per heavy atom. The highest BCUT2D eigenvalue weighted by atomic mass is 16.5. The molecule has 21 heavy (non-hydrogen) atoms. The molecule has 110 valence electrons. The van der Waals surface area contributed by atoms with Crippen LogP contribution in [0.25, 0.3) is 11.1 Å². The number of carbonyl (C=O) groups is 1. The molecule has 2 rings (SSSR count). The Bertz CT molecular complexity index is 640. The van der Waals surface area contributed by atoms with Crippen molar-refractivity contribution in [2.75, 3.05) is 13.7 Å². The molecule has 0 saturated heterocycles. The monoisotopic (exact) mass is 287 g/mol. The predicted molar refractivity (Wildman–Crippen MR) is 79.0 cm³/mol. The first-order valence-electron chi connectivity index (χ1n) is 6.66. The van der Waals surface area contributed by atoms with Crippen molar-refractivity contribution in [1.29, 1.82) is 0 Å². The lowest BCUT2D eigenvalue weighted by Crippen LogP contribution is -2.02. The number of carboxylic acid groups (broad SMARTS) is 1. The normalized spacial score (nSPS) is 10.2. The number of hydrogen-bond acceptors (Lipinski definition) is 4. The molecule has 1 aromatic heterocycles. The minimum atomic E-state index is -1.03. The molecule has 1 heterocycles. The van der Waals surface area contributed by atoms with Crippen LogP contribution in [-0.4, -0.2) is 29.8 Å². The zero-order chi connectivity index (χ0) is 15.2. The van der Waals surface area contributed by atoms with E-state index >= 15 is 0 Å². The highest BCUT2D eigenvalue weighted by molar-refractivity contribution is 5.94. The maximum atomic E-state index is 11.3. The van der Waals surface area contributed by atoms with E-state index in [4.69, 9.17) is 9.47 Å². The molecule has 0 fully saturated rings. The Morgan fingerprint density at radius 1 is 1.33 bits per heavy atom. The molecule has 0 spiro atoms. The van der Waals surface area contributed by atoms with E-state index in [1.54, 1.807) is 24.5 Å². The van der Waals surface area contributed by atoms with Crippen molar-refractivity contribution in [1.82, 2.24) is 4.98 Å². The molecule has 2 aromatic rings. The Morgan fingerprint density at radius 3 is 2.81 bits per heavy atom. The van der Waals surface area contributed by atoms with Crippen molar-refractivity contribution in [2.24, 2.45) is 0 Å². The highest BCUT2D eigenvalue weighted by Crippen LogP contribution is 2.34. The van der Waals surface area contributed by atoms with Crippen LogP contribution >= 0.6 is 0 Å². The summed E-state index contributed by atoms with van der Waals surface area (Å²) in [5.41, 5.74) is 1.55. The van der Waals surface area contributed by atoms with E-state index in [1.807, 2.05) is 13.0 Å². The van der Waals surface area contributed by atoms with Crippen LogP contribution in [0.2, 0.25) is 0 Å². The Hall–Kier alpha value is -2.56. The second-order valence-corrected chi connectivity index (χ2v) is 4.45. The molecule has 1 aromatic carbocycles. The van der Waals surface area contributed by atoms with Gasteiger partial charge in [0.25, 0.3) is 0 Å². The van der Waals surface area contributed by atoms with Gasteiger partial charge in [-0.2, -0.15) is 0 Å². The van der Waals surface area contributed by atoms with E-state index < -0.39 is 5.97 Å². The van der Waals surface area contributed by atoms with Crippen LogP contribution in [0, 0.1) is 0 Å². The molecule has 0 radical (unpaired) electrons. The number of carboxylic acids is 1. The van der Waals surface area contributed by atoms with Crippen LogP contribution < -0.4 is 9.47 Å². The third-order valence-electron chi connectivity index (χ3n) is 2.95. The first-order chi connectivity index (χ1) is 10.2. The number of pyridine rings is 1. The fourth-order valence-electron chi connectivity index (χ4n) is 2.02. The number of methoxy groups -OCH3 is 1. The molecule has 5 nitrogen and oxygen atoms in total. The summed E-state index contributed by atoms with van der Waals surface area (Å²) < 4.78 is 10.8. The Labute approximate surface area is 123 Å². The fraction of sp³-hybridized carbons (Fsp3) is 0.250. The molecular formula is C16H17NO4. The summed E-state index contributed by atoms with van der Waals surface area (Å²) in [6.45, 7) is 2.63. The van der Waals surface area contributed by atoms with Crippen molar-refractivity contribution < 1.29 is 19.4 Å². The van der Waals surface area contributed by atoms with Crippen LogP contribution in [0.3, 0.4) is 0 Å². The molecule has 0 saturated carbocycles. The minimum absolute atomic E-state index is 0.120. The van der Waals surface area contributed by atoms with Gasteiger partial charge in [-0.1, -0.05) is 19.1 Å². The van der Waals surface area contributed by atoms with Gasteiger partial charge in [-0.15, -0.1) is 0 Å². The second-order valence-electron chi connectivity index (χ2n) is 4.45. The smallest absolute Gasteiger partial charge is 0.339 e. The average molecular weight is 287 g/mol. The second kappa shape index (κ2) is 6.74. The van der Waals surface area contributed by atoms with E-state index in [2.05, 4.69) is 4.98 Å². The van der Waals surface area contributed by atoms with Crippen molar-refractivity contribution in [3.8, 4) is 22.6 Å². The minimum Gasteiger partial charge on any atom is -0.495 e. The third kappa shape index (κ3) is 3.31. The van der Waals surface area contributed by atoms with E-state index in [1.165, 1.54) is 13.2 Å². The maximum absolute atomic E-state index is 11.3. The number of rotatable bonds is 6. The molecule has 5 heteroatoms. The van der Waals surface area contributed by atoms with Crippen molar-refractivity contribution >= 4 is 5.97 Å². The van der Waals surface area contributed by atoms with Crippen molar-refractivity contribution in [2.45, 2.75) is 13.3 Å². The van der Waals surface area contributed by atoms with Gasteiger partial charge in [-0.05, 0) is 18.6 Å². The van der Waals surface area contributed by atoms with Crippen LogP contribution in [0.5, 0.6) is 11.5 Å². The molecule has 0 unspecified atom stereocenters. The lowest BCUT2D eigenvalue weighted by atomic mass is 10.0. The number of aromatic nitrogens is 1. The van der Waals surface area contributed by atoms with Crippen molar-refractivity contribution in [3.63, 3.8) is 0 Å². The lowest BCUT2D eigenvalue weighted by molar-refractivity contribution is 0.0693. The van der Waals surface area contributed by atoms with Crippen LogP contribution in [0.15, 0.2) is 36.7 Å². The highest BCUT2D eigenvalue weighted by Gasteiger charge is 2.16. The first-order valence-corrected chi connectivity index (χ1v) is 6.66. The van der Waals surface area contributed by atoms with Gasteiger partial charge in [0.2, 0.25) is 0 Å². The summed E-state index contributed by atoms with van der Waals surface area (Å²) in [5, 5.41) is 9.22. The molecular weight excluding hydrogens is 270 g/mol. The quantitative estimate of drug-likeness (QED) is 0.883. The topological polar surface area (TPSA) is 68.7 Å². The molecule has 0 aliphatic carbocycles. The van der Waals surface area contributed by atoms with Crippen LogP contribution in [0.1, 0.15) is 23.7 Å². The lowest BCUT2D eigenvalue weighted by Gasteiger charge is -2.12. The fourth-order valence-corrected chi connectivity index (χ4v) is 2.02. The van der Waals surface area contributed by atoms with E-state index in [9.17, 15) is 9.90 Å². The van der Waals surface area contributed by atoms with Gasteiger partial charge in [0.05, 0.1) is 19.9 Å². The molecule has 0 amide bonds. The largest absolute Gasteiger partial charge is 0.495 e. The number of aromatic carboxylic acids is 1. The Kier molecular flexibility index (Phi) is 4.77. The SMILES string of the molecule is CCCOc1cncc(-c2cccc(C(=O)O)c2OC)c1. The summed E-state index contributed by atoms with van der Waals surface area (Å²) >= 11 is 0. The molecule has 0 aliphatic rings. The van der Waals surface area contributed by atoms with Gasteiger partial charge >= 0.3 is 5.97 Å². The van der Waals surface area contributed by atoms with Gasteiger partial charge in [-0.25, -0.2) is 4.79 Å². The van der Waals surface area contributed by atoms with Gasteiger partial charge in [0.1, 0.15) is 17.1 Å². The number of para-hydroxylation sites is 1. The molecule has 0 atom stereocenters. The standard InChI is InChI=1S/C16H17NO4/c1-3-7-21-12-8-11(9-17-10-12)13-5-4-6-14(16(18)19)15(13)20-2/h4-6,8-10H,3,7H2,1-2H3,(H,18,19). The van der Waals surface area contributed by atoms with Crippen molar-refractivity contribution in [3.05, 3.63) is 42.2 Å². The van der Waals surface area contributed by atoms with E-state index in [0.717, 1.165) is 12.0 Å². The summed E-state index contributed by atoms with van der Waals surface area (Å²) in [7, 11) is 1.45. The summed E-state index contributed by atoms with van der Waals surface area (Å²) in [6.07, 6.45) is 4.19. The third-order valence-corrected chi connectivity index (χ3v) is 2.95. The van der Waals surface area contributed by atoms with Gasteiger partial charge in [0, 0.05) is 17.3 Å². The van der Waals surface area contributed by atoms with Gasteiger partial charge < -0.3 is 14.6 Å². The summed E-state index contributed by atoms with van der Waals surface area (Å²) in [6, 6.07) is 6.81. The zero-order valence-corrected chi connectivity index (χ0v) is 12.0. The zero-order valence-electron chi connectivity index (χ0n) is 12.0. The van der Waals surface area contributed by atoms with Crippen LogP contribution in [0.4, 0.5) is 0 Å². The number of hydrogen-bond donors (Lipinski definition) is 1. The van der Waals surface area contributed by atoms with Crippen LogP contribution in [-0.2, 0) is 0 Å². The summed E-state index contributed by atoms with van der Waals surface area (Å²) in [4.78, 5) is 15.4. The molecule has 1 N–H and O–H groups in total. The average Bonchev–Trinajstić information content (AvgIpc) is 2.52. The summed E-state index contributed by atoms with van der Waals surface area (Å²) in [5.74, 6) is -0.0587. The number of ether oxygens (including phenoxy) is 2. The van der Waals surface area contributed by atoms with E-state index in [0.29, 0.717) is 23.7 Å². The maximum Gasteiger partial charge on any atom is 0.339 e. The first kappa shape index (κ1) is 14.8. The molecule has 0 bridgehead atoms. The van der Waals surface area contributed by atoms with E-state index in [-0.39, 0.29) is 5.56 Å². The molecule has 0 aliphatic heterocycles. The van der Waals surface area contributed by atoms with Gasteiger partial charge in [-0.3, -0.25) is 4.98 Å². The van der Waals surface area contributed by atoms with Gasteiger partial charge in [0.15, 0.2) is 0 Å². The number of benzene rings is 1. The predicted octanol–water partition coefficient (Wildman–Crippen LogP) is 3.24.